The van der Waals surface area contributed by atoms with Gasteiger partial charge in [-0.25, -0.2) is 0 Å². The normalized spacial score (nSPS) is 16.2. The summed E-state index contributed by atoms with van der Waals surface area (Å²) in [7, 11) is -2.11. The Morgan fingerprint density at radius 3 is 2.38 bits per heavy atom. The van der Waals surface area contributed by atoms with E-state index in [0.717, 1.165) is 11.4 Å². The fraction of sp³-hybridized carbons (Fsp3) is 0.350. The smallest absolute Gasteiger partial charge is 0.234 e. The molecule has 1 fully saturated rings. The van der Waals surface area contributed by atoms with Crippen molar-refractivity contribution in [1.82, 2.24) is 5.09 Å². The summed E-state index contributed by atoms with van der Waals surface area (Å²) < 4.78 is 21.9. The SMILES string of the molecule is COc1cccc(C2(C(=O)NP(=O)([O-])[O-])CCN(c3ccccc3OC)CC2)c1. The second-order valence-corrected chi connectivity index (χ2v) is 8.13. The molecule has 1 N–H and O–H groups in total. The molecule has 8 nitrogen and oxygen atoms in total. The van der Waals surface area contributed by atoms with Crippen LogP contribution in [-0.4, -0.2) is 33.2 Å². The molecule has 1 amide bonds. The Bertz CT molecular complexity index is 921. The Balaban J connectivity index is 1.94. The van der Waals surface area contributed by atoms with Crippen LogP contribution in [0.1, 0.15) is 18.4 Å². The zero-order valence-electron chi connectivity index (χ0n) is 16.3. The Hall–Kier alpha value is -2.54. The molecule has 1 aliphatic rings. The van der Waals surface area contributed by atoms with Gasteiger partial charge >= 0.3 is 0 Å². The molecule has 3 rings (SSSR count). The van der Waals surface area contributed by atoms with Crippen molar-refractivity contribution in [2.75, 3.05) is 32.2 Å². The number of hydrogen-bond donors (Lipinski definition) is 1. The van der Waals surface area contributed by atoms with Crippen molar-refractivity contribution in [3.63, 3.8) is 0 Å². The maximum atomic E-state index is 12.9. The average molecular weight is 418 g/mol. The van der Waals surface area contributed by atoms with Crippen molar-refractivity contribution in [2.24, 2.45) is 0 Å². The van der Waals surface area contributed by atoms with E-state index in [1.54, 1.807) is 36.5 Å². The lowest BCUT2D eigenvalue weighted by Crippen LogP contribution is -2.52. The molecule has 2 aromatic carbocycles. The van der Waals surface area contributed by atoms with Crippen LogP contribution in [-0.2, 0) is 14.8 Å². The van der Waals surface area contributed by atoms with Crippen LogP contribution in [0.2, 0.25) is 0 Å². The number of ether oxygens (including phenoxy) is 2. The van der Waals surface area contributed by atoms with Gasteiger partial charge in [0.2, 0.25) is 5.91 Å². The average Bonchev–Trinajstić information content (AvgIpc) is 2.72. The van der Waals surface area contributed by atoms with E-state index in [2.05, 4.69) is 4.90 Å². The summed E-state index contributed by atoms with van der Waals surface area (Å²) in [6.07, 6.45) is 0.647. The zero-order valence-corrected chi connectivity index (χ0v) is 17.2. The van der Waals surface area contributed by atoms with Gasteiger partial charge in [-0.15, -0.1) is 0 Å². The van der Waals surface area contributed by atoms with Crippen LogP contribution in [0.4, 0.5) is 5.69 Å². The van der Waals surface area contributed by atoms with E-state index in [0.29, 0.717) is 37.2 Å². The van der Waals surface area contributed by atoms with Gasteiger partial charge in [-0.3, -0.25) is 4.79 Å². The second kappa shape index (κ2) is 8.45. The van der Waals surface area contributed by atoms with Crippen LogP contribution in [0, 0.1) is 0 Å². The monoisotopic (exact) mass is 418 g/mol. The van der Waals surface area contributed by atoms with Crippen LogP contribution in [0.25, 0.3) is 0 Å². The summed E-state index contributed by atoms with van der Waals surface area (Å²) in [5.74, 6) is 0.461. The van der Waals surface area contributed by atoms with E-state index in [1.807, 2.05) is 24.3 Å². The summed E-state index contributed by atoms with van der Waals surface area (Å²) >= 11 is 0. The number of anilines is 1. The third kappa shape index (κ3) is 4.56. The molecule has 0 bridgehead atoms. The third-order valence-electron chi connectivity index (χ3n) is 5.34. The van der Waals surface area contributed by atoms with Crippen molar-refractivity contribution in [1.29, 1.82) is 0 Å². The fourth-order valence-corrected chi connectivity index (χ4v) is 4.28. The minimum atomic E-state index is -5.22. The van der Waals surface area contributed by atoms with Gasteiger partial charge < -0.3 is 33.8 Å². The molecule has 0 saturated carbocycles. The van der Waals surface area contributed by atoms with Crippen LogP contribution in [0.3, 0.4) is 0 Å². The number of nitrogens with one attached hydrogen (secondary N) is 1. The molecule has 29 heavy (non-hydrogen) atoms. The van der Waals surface area contributed by atoms with Gasteiger partial charge in [-0.2, -0.15) is 0 Å². The quantitative estimate of drug-likeness (QED) is 0.701. The highest BCUT2D eigenvalue weighted by Gasteiger charge is 2.43. The van der Waals surface area contributed by atoms with Gasteiger partial charge in [-0.05, 0) is 42.7 Å². The summed E-state index contributed by atoms with van der Waals surface area (Å²) in [4.78, 5) is 37.5. The molecule has 0 radical (unpaired) electrons. The predicted octanol–water partition coefficient (Wildman–Crippen LogP) is 1.19. The number of hydrogen-bond acceptors (Lipinski definition) is 7. The highest BCUT2D eigenvalue weighted by atomic mass is 31.2. The number of carbonyl (C=O) groups is 1. The third-order valence-corrected chi connectivity index (χ3v) is 5.82. The van der Waals surface area contributed by atoms with Gasteiger partial charge in [-0.1, -0.05) is 24.3 Å². The fourth-order valence-electron chi connectivity index (χ4n) is 3.82. The van der Waals surface area contributed by atoms with E-state index in [1.165, 1.54) is 7.11 Å². The lowest BCUT2D eigenvalue weighted by molar-refractivity contribution is -0.317. The summed E-state index contributed by atoms with van der Waals surface area (Å²) in [5, 5.41) is 1.66. The first-order chi connectivity index (χ1) is 13.8. The number of amides is 1. The van der Waals surface area contributed by atoms with Crippen LogP contribution >= 0.6 is 7.75 Å². The minimum Gasteiger partial charge on any atom is -0.795 e. The van der Waals surface area contributed by atoms with E-state index in [4.69, 9.17) is 9.47 Å². The molecule has 1 saturated heterocycles. The van der Waals surface area contributed by atoms with Gasteiger partial charge in [0, 0.05) is 20.8 Å². The van der Waals surface area contributed by atoms with Crippen molar-refractivity contribution in [3.8, 4) is 11.5 Å². The second-order valence-electron chi connectivity index (χ2n) is 6.91. The standard InChI is InChI=1S/C20H25N2O6P/c1-27-16-7-5-6-15(14-16)20(19(23)21-29(24,25)26)10-12-22(13-11-20)17-8-3-4-9-18(17)28-2/h3-9,14H,10-13H2,1-2H3,(H3,21,23,24,25,26)/p-2. The number of methoxy groups -OCH3 is 2. The highest BCUT2D eigenvalue weighted by molar-refractivity contribution is 7.47. The summed E-state index contributed by atoms with van der Waals surface area (Å²) in [6, 6.07) is 14.5. The highest BCUT2D eigenvalue weighted by Crippen LogP contribution is 2.41. The maximum absolute atomic E-state index is 12.9. The summed E-state index contributed by atoms with van der Waals surface area (Å²) in [5.41, 5.74) is 0.354. The van der Waals surface area contributed by atoms with Crippen molar-refractivity contribution >= 4 is 19.3 Å². The molecule has 0 atom stereocenters. The molecule has 0 spiro atoms. The number of nitrogens with zero attached hydrogens (tertiary/aromatic N) is 1. The molecule has 0 aliphatic carbocycles. The molecular formula is C20H23N2O6P-2. The van der Waals surface area contributed by atoms with E-state index < -0.39 is 19.1 Å². The molecule has 9 heteroatoms. The van der Waals surface area contributed by atoms with E-state index in [-0.39, 0.29) is 0 Å². The van der Waals surface area contributed by atoms with Gasteiger partial charge in [0.25, 0.3) is 0 Å². The Morgan fingerprint density at radius 1 is 1.07 bits per heavy atom. The van der Waals surface area contributed by atoms with Crippen LogP contribution < -0.4 is 29.2 Å². The molecule has 156 valence electrons. The molecule has 1 heterocycles. The summed E-state index contributed by atoms with van der Waals surface area (Å²) in [6.45, 7) is 0.958. The van der Waals surface area contributed by atoms with Crippen molar-refractivity contribution in [2.45, 2.75) is 18.3 Å². The van der Waals surface area contributed by atoms with Crippen molar-refractivity contribution < 1.29 is 28.6 Å². The maximum Gasteiger partial charge on any atom is 0.234 e. The van der Waals surface area contributed by atoms with Crippen molar-refractivity contribution in [3.05, 3.63) is 54.1 Å². The number of para-hydroxylation sites is 2. The first-order valence-electron chi connectivity index (χ1n) is 9.16. The molecule has 2 aromatic rings. The minimum absolute atomic E-state index is 0.323. The lowest BCUT2D eigenvalue weighted by atomic mass is 9.72. The Kier molecular flexibility index (Phi) is 6.17. The zero-order chi connectivity index (χ0) is 21.1. The molecule has 1 aliphatic heterocycles. The number of carbonyl (C=O) groups excluding carboxylic acids is 1. The molecular weight excluding hydrogens is 395 g/mol. The predicted molar refractivity (Wildman–Crippen MR) is 105 cm³/mol. The van der Waals surface area contributed by atoms with Gasteiger partial charge in [0.05, 0.1) is 25.3 Å². The Labute approximate surface area is 169 Å². The number of rotatable bonds is 6. The van der Waals surface area contributed by atoms with Gasteiger partial charge in [0.15, 0.2) is 0 Å². The molecule has 0 unspecified atom stereocenters. The van der Waals surface area contributed by atoms with E-state index in [9.17, 15) is 19.1 Å². The topological polar surface area (TPSA) is 114 Å². The largest absolute Gasteiger partial charge is 0.795 e. The number of benzene rings is 2. The van der Waals surface area contributed by atoms with Crippen LogP contribution in [0.15, 0.2) is 48.5 Å². The molecule has 0 aromatic heterocycles. The number of piperidine rings is 1. The van der Waals surface area contributed by atoms with Gasteiger partial charge in [0.1, 0.15) is 11.5 Å². The first-order valence-corrected chi connectivity index (χ1v) is 10.7. The first kappa shape index (κ1) is 21.2. The van der Waals surface area contributed by atoms with E-state index >= 15 is 0 Å². The van der Waals surface area contributed by atoms with Crippen LogP contribution in [0.5, 0.6) is 11.5 Å². The Morgan fingerprint density at radius 2 is 1.76 bits per heavy atom. The lowest BCUT2D eigenvalue weighted by Gasteiger charge is -2.44.